The number of benzene rings is 2. The van der Waals surface area contributed by atoms with Crippen LogP contribution in [0.15, 0.2) is 42.1 Å². The number of hydrogen-bond acceptors (Lipinski definition) is 6. The van der Waals surface area contributed by atoms with E-state index in [1.165, 1.54) is 19.2 Å². The van der Waals surface area contributed by atoms with Crippen molar-refractivity contribution in [2.45, 2.75) is 13.5 Å². The normalized spacial score (nSPS) is 14.8. The molecule has 0 aliphatic carbocycles. The molecule has 0 unspecified atom stereocenters. The first-order valence-electron chi connectivity index (χ1n) is 8.92. The van der Waals surface area contributed by atoms with Gasteiger partial charge in [-0.1, -0.05) is 12.1 Å². The number of imide groups is 1. The molecule has 0 radical (unpaired) electrons. The van der Waals surface area contributed by atoms with Crippen LogP contribution in [0.25, 0.3) is 6.08 Å². The number of nitrogens with zero attached hydrogens (tertiary/aromatic N) is 2. The first kappa shape index (κ1) is 21.6. The second-order valence-electron chi connectivity index (χ2n) is 6.29. The molecule has 30 heavy (non-hydrogen) atoms. The van der Waals surface area contributed by atoms with E-state index in [-0.39, 0.29) is 30.4 Å². The molecular formula is C20H18IN3O6. The fraction of sp³-hybridized carbons (Fsp3) is 0.200. The van der Waals surface area contributed by atoms with Crippen molar-refractivity contribution in [2.24, 2.45) is 0 Å². The van der Waals surface area contributed by atoms with Crippen molar-refractivity contribution in [3.63, 3.8) is 0 Å². The smallest absolute Gasteiger partial charge is 0.328 e. The lowest BCUT2D eigenvalue weighted by molar-refractivity contribution is -0.384. The molecule has 3 amide bonds. The number of hydrogen-bond donors (Lipinski definition) is 1. The third-order valence-electron chi connectivity index (χ3n) is 4.35. The molecule has 1 saturated heterocycles. The van der Waals surface area contributed by atoms with Crippen molar-refractivity contribution in [3.8, 4) is 11.5 Å². The minimum atomic E-state index is -0.459. The van der Waals surface area contributed by atoms with E-state index in [4.69, 9.17) is 9.47 Å². The monoisotopic (exact) mass is 523 g/mol. The Labute approximate surface area is 185 Å². The van der Waals surface area contributed by atoms with Crippen molar-refractivity contribution >= 4 is 46.3 Å². The lowest BCUT2D eigenvalue weighted by atomic mass is 10.1. The van der Waals surface area contributed by atoms with Gasteiger partial charge >= 0.3 is 6.03 Å². The molecule has 0 saturated carbocycles. The molecular weight excluding hydrogens is 505 g/mol. The summed E-state index contributed by atoms with van der Waals surface area (Å²) in [5, 5.41) is 13.5. The van der Waals surface area contributed by atoms with Gasteiger partial charge in [0.1, 0.15) is 12.3 Å². The third-order valence-corrected chi connectivity index (χ3v) is 5.15. The van der Waals surface area contributed by atoms with Crippen molar-refractivity contribution in [1.82, 2.24) is 10.2 Å². The number of non-ortho nitro benzene ring substituents is 1. The van der Waals surface area contributed by atoms with E-state index in [0.717, 1.165) is 4.90 Å². The Morgan fingerprint density at radius 2 is 2.03 bits per heavy atom. The van der Waals surface area contributed by atoms with Crippen molar-refractivity contribution < 1.29 is 24.0 Å². The van der Waals surface area contributed by atoms with E-state index < -0.39 is 11.0 Å². The number of urea groups is 1. The number of nitro benzene ring substituents is 1. The molecule has 10 heteroatoms. The quantitative estimate of drug-likeness (QED) is 0.195. The number of carbonyl (C=O) groups excluding carboxylic acids is 2. The summed E-state index contributed by atoms with van der Waals surface area (Å²) in [6.07, 6.45) is 1.57. The molecule has 2 aromatic rings. The van der Waals surface area contributed by atoms with Gasteiger partial charge in [0.25, 0.3) is 11.6 Å². The Morgan fingerprint density at radius 1 is 1.27 bits per heavy atom. The summed E-state index contributed by atoms with van der Waals surface area (Å²) in [6.45, 7) is 2.13. The van der Waals surface area contributed by atoms with Gasteiger partial charge < -0.3 is 14.8 Å². The number of ether oxygens (including phenoxy) is 2. The van der Waals surface area contributed by atoms with Crippen LogP contribution in [0.1, 0.15) is 18.1 Å². The molecule has 0 spiro atoms. The Morgan fingerprint density at radius 3 is 2.67 bits per heavy atom. The first-order chi connectivity index (χ1) is 14.3. The van der Waals surface area contributed by atoms with Gasteiger partial charge in [0.15, 0.2) is 11.5 Å². The van der Waals surface area contributed by atoms with Crippen LogP contribution in [-0.4, -0.2) is 35.4 Å². The molecule has 9 nitrogen and oxygen atoms in total. The SMILES string of the molecule is CCN1C(=O)N/C(=C/c2cc(I)c(OCc3cccc([N+](=O)[O-])c3)c(OC)c2)C1=O. The number of methoxy groups -OCH3 is 1. The summed E-state index contributed by atoms with van der Waals surface area (Å²) in [6, 6.07) is 9.22. The Kier molecular flexibility index (Phi) is 6.55. The molecule has 1 heterocycles. The zero-order valence-electron chi connectivity index (χ0n) is 16.2. The van der Waals surface area contributed by atoms with Crippen LogP contribution in [0.2, 0.25) is 0 Å². The van der Waals surface area contributed by atoms with Crippen molar-refractivity contribution in [3.05, 3.63) is 66.9 Å². The van der Waals surface area contributed by atoms with Crippen LogP contribution in [-0.2, 0) is 11.4 Å². The molecule has 1 aliphatic rings. The predicted octanol–water partition coefficient (Wildman–Crippen LogP) is 3.70. The van der Waals surface area contributed by atoms with E-state index in [0.29, 0.717) is 26.2 Å². The van der Waals surface area contributed by atoms with Crippen LogP contribution in [0.4, 0.5) is 10.5 Å². The van der Waals surface area contributed by atoms with Crippen molar-refractivity contribution in [1.29, 1.82) is 0 Å². The van der Waals surface area contributed by atoms with Crippen LogP contribution < -0.4 is 14.8 Å². The average molecular weight is 523 g/mol. The van der Waals surface area contributed by atoms with Crippen LogP contribution in [0.3, 0.4) is 0 Å². The zero-order chi connectivity index (χ0) is 21.8. The summed E-state index contributed by atoms with van der Waals surface area (Å²) in [7, 11) is 1.49. The molecule has 0 aromatic heterocycles. The van der Waals surface area contributed by atoms with Gasteiger partial charge in [-0.3, -0.25) is 19.8 Å². The highest BCUT2D eigenvalue weighted by atomic mass is 127. The third kappa shape index (κ3) is 4.53. The number of nitro groups is 1. The molecule has 2 aromatic carbocycles. The molecule has 156 valence electrons. The lowest BCUT2D eigenvalue weighted by Gasteiger charge is -2.14. The highest BCUT2D eigenvalue weighted by Crippen LogP contribution is 2.35. The van der Waals surface area contributed by atoms with Gasteiger partial charge in [0, 0.05) is 18.7 Å². The molecule has 0 bridgehead atoms. The standard InChI is InChI=1S/C20H18IN3O6/c1-3-23-19(25)16(22-20(23)26)9-13-8-15(21)18(17(10-13)29-2)30-11-12-5-4-6-14(7-12)24(27)28/h4-10H,3,11H2,1-2H3,(H,22,26)/b16-9+. The van der Waals surface area contributed by atoms with E-state index >= 15 is 0 Å². The summed E-state index contributed by atoms with van der Waals surface area (Å²) >= 11 is 2.08. The molecule has 1 N–H and O–H groups in total. The summed E-state index contributed by atoms with van der Waals surface area (Å²) < 4.78 is 12.0. The second kappa shape index (κ2) is 9.11. The Bertz CT molecular complexity index is 1050. The largest absolute Gasteiger partial charge is 0.493 e. The minimum absolute atomic E-state index is 0.0101. The summed E-state index contributed by atoms with van der Waals surface area (Å²) in [5.74, 6) is 0.523. The van der Waals surface area contributed by atoms with Crippen LogP contribution in [0.5, 0.6) is 11.5 Å². The van der Waals surface area contributed by atoms with Gasteiger partial charge in [-0.25, -0.2) is 4.79 Å². The number of carbonyl (C=O) groups is 2. The topological polar surface area (TPSA) is 111 Å². The number of amides is 3. The first-order valence-corrected chi connectivity index (χ1v) is 10.00. The Hall–Kier alpha value is -3.15. The number of rotatable bonds is 7. The number of likely N-dealkylation sites (N-methyl/N-ethyl adjacent to an activating group) is 1. The van der Waals surface area contributed by atoms with Gasteiger partial charge in [-0.2, -0.15) is 0 Å². The molecule has 1 aliphatic heterocycles. The maximum Gasteiger partial charge on any atom is 0.328 e. The second-order valence-corrected chi connectivity index (χ2v) is 7.45. The van der Waals surface area contributed by atoms with Gasteiger partial charge in [0.05, 0.1) is 15.6 Å². The maximum atomic E-state index is 12.3. The van der Waals surface area contributed by atoms with Gasteiger partial charge in [0.2, 0.25) is 0 Å². The highest BCUT2D eigenvalue weighted by Gasteiger charge is 2.32. The van der Waals surface area contributed by atoms with E-state index in [1.54, 1.807) is 37.3 Å². The Balaban J connectivity index is 1.84. The summed E-state index contributed by atoms with van der Waals surface area (Å²) in [5.41, 5.74) is 1.47. The van der Waals surface area contributed by atoms with Crippen LogP contribution >= 0.6 is 22.6 Å². The van der Waals surface area contributed by atoms with E-state index in [9.17, 15) is 19.7 Å². The number of halogens is 1. The lowest BCUT2D eigenvalue weighted by Crippen LogP contribution is -2.30. The van der Waals surface area contributed by atoms with Crippen LogP contribution in [0, 0.1) is 13.7 Å². The zero-order valence-corrected chi connectivity index (χ0v) is 18.3. The predicted molar refractivity (Wildman–Crippen MR) is 117 cm³/mol. The van der Waals surface area contributed by atoms with Crippen molar-refractivity contribution in [2.75, 3.05) is 13.7 Å². The highest BCUT2D eigenvalue weighted by molar-refractivity contribution is 14.1. The summed E-state index contributed by atoms with van der Waals surface area (Å²) in [4.78, 5) is 35.7. The fourth-order valence-electron chi connectivity index (χ4n) is 2.90. The maximum absolute atomic E-state index is 12.3. The van der Waals surface area contributed by atoms with E-state index in [1.807, 2.05) is 0 Å². The van der Waals surface area contributed by atoms with Gasteiger partial charge in [-0.15, -0.1) is 0 Å². The minimum Gasteiger partial charge on any atom is -0.493 e. The molecule has 3 rings (SSSR count). The van der Waals surface area contributed by atoms with Gasteiger partial charge in [-0.05, 0) is 58.9 Å². The average Bonchev–Trinajstić information content (AvgIpc) is 2.99. The van der Waals surface area contributed by atoms with E-state index in [2.05, 4.69) is 27.9 Å². The fourth-order valence-corrected chi connectivity index (χ4v) is 3.69. The number of nitrogens with one attached hydrogen (secondary N) is 1. The molecule has 0 atom stereocenters. The molecule has 1 fully saturated rings.